The number of aryl methyl sites for hydroxylation is 1. The highest BCUT2D eigenvalue weighted by Gasteiger charge is 2.23. The van der Waals surface area contributed by atoms with Gasteiger partial charge in [0.1, 0.15) is 17.4 Å². The molecule has 33 heavy (non-hydrogen) atoms. The lowest BCUT2D eigenvalue weighted by atomic mass is 10.2. The van der Waals surface area contributed by atoms with Crippen LogP contribution >= 0.6 is 11.6 Å². The first kappa shape index (κ1) is 21.3. The molecule has 1 saturated heterocycles. The second kappa shape index (κ2) is 8.76. The van der Waals surface area contributed by atoms with Crippen molar-refractivity contribution in [3.63, 3.8) is 0 Å². The molecule has 1 unspecified atom stereocenters. The van der Waals surface area contributed by atoms with Crippen LogP contribution in [0.4, 0.5) is 17.5 Å². The Hall–Kier alpha value is -3.56. The fourth-order valence-electron chi connectivity index (χ4n) is 3.90. The number of nitrogens with one attached hydrogen (secondary N) is 3. The lowest BCUT2D eigenvalue weighted by molar-refractivity contribution is 0.198. The van der Waals surface area contributed by atoms with Crippen molar-refractivity contribution < 1.29 is 9.84 Å². The summed E-state index contributed by atoms with van der Waals surface area (Å²) in [6.07, 6.45) is 4.15. The van der Waals surface area contributed by atoms with E-state index in [0.29, 0.717) is 47.7 Å². The van der Waals surface area contributed by atoms with Gasteiger partial charge in [-0.05, 0) is 44.5 Å². The van der Waals surface area contributed by atoms with Crippen LogP contribution < -0.4 is 15.0 Å². The fourth-order valence-corrected chi connectivity index (χ4v) is 4.15. The maximum atomic E-state index is 9.99. The van der Waals surface area contributed by atoms with Gasteiger partial charge in [-0.3, -0.25) is 5.10 Å². The second-order valence-electron chi connectivity index (χ2n) is 8.01. The van der Waals surface area contributed by atoms with Gasteiger partial charge in [0.25, 0.3) is 0 Å². The van der Waals surface area contributed by atoms with Gasteiger partial charge >= 0.3 is 6.01 Å². The molecule has 0 amide bonds. The number of rotatable bonds is 6. The van der Waals surface area contributed by atoms with E-state index >= 15 is 0 Å². The van der Waals surface area contributed by atoms with E-state index in [0.717, 1.165) is 22.3 Å². The number of aromatic nitrogens is 5. The molecule has 0 spiro atoms. The zero-order chi connectivity index (χ0) is 22.9. The van der Waals surface area contributed by atoms with Gasteiger partial charge in [0.15, 0.2) is 5.82 Å². The predicted molar refractivity (Wildman–Crippen MR) is 130 cm³/mol. The number of fused-ring (bicyclic) bond motifs is 1. The Labute approximate surface area is 195 Å². The van der Waals surface area contributed by atoms with E-state index < -0.39 is 0 Å². The summed E-state index contributed by atoms with van der Waals surface area (Å²) in [5.74, 6) is 2.24. The van der Waals surface area contributed by atoms with Gasteiger partial charge < -0.3 is 25.0 Å². The van der Waals surface area contributed by atoms with Gasteiger partial charge in [-0.2, -0.15) is 15.1 Å². The SMILES string of the molecule is C/C=C/c1cc(Nc2cc(N3CCC(O)C3)nc(Oc3ccc4[nH]c(C)cc4c3Cl)n2)n[nH]1. The Balaban J connectivity index is 1.49. The number of halogens is 1. The highest BCUT2D eigenvalue weighted by atomic mass is 35.5. The molecule has 4 N–H and O–H groups in total. The molecule has 1 aliphatic heterocycles. The molecular weight excluding hydrogens is 442 g/mol. The number of ether oxygens (including phenoxy) is 1. The number of aliphatic hydroxyl groups excluding tert-OH is 1. The summed E-state index contributed by atoms with van der Waals surface area (Å²) in [6, 6.07) is 9.52. The Morgan fingerprint density at radius 3 is 2.91 bits per heavy atom. The fraction of sp³-hybridized carbons (Fsp3) is 0.261. The Kier molecular flexibility index (Phi) is 5.65. The van der Waals surface area contributed by atoms with Crippen molar-refractivity contribution in [1.29, 1.82) is 0 Å². The zero-order valence-corrected chi connectivity index (χ0v) is 19.0. The monoisotopic (exact) mass is 465 g/mol. The number of nitrogens with zero attached hydrogens (tertiary/aromatic N) is 4. The topological polar surface area (TPSA) is 115 Å². The average Bonchev–Trinajstić information content (AvgIpc) is 3.50. The molecule has 3 aromatic heterocycles. The van der Waals surface area contributed by atoms with Crippen LogP contribution in [0.1, 0.15) is 24.7 Å². The van der Waals surface area contributed by atoms with Crippen LogP contribution in [0.3, 0.4) is 0 Å². The average molecular weight is 466 g/mol. The van der Waals surface area contributed by atoms with E-state index in [2.05, 4.69) is 30.5 Å². The summed E-state index contributed by atoms with van der Waals surface area (Å²) in [5.41, 5.74) is 2.82. The Bertz CT molecular complexity index is 1330. The summed E-state index contributed by atoms with van der Waals surface area (Å²) < 4.78 is 6.04. The smallest absolute Gasteiger partial charge is 0.325 e. The Morgan fingerprint density at radius 2 is 2.12 bits per heavy atom. The maximum Gasteiger partial charge on any atom is 0.325 e. The van der Waals surface area contributed by atoms with Crippen LogP contribution in [0.15, 0.2) is 36.4 Å². The van der Waals surface area contributed by atoms with Crippen LogP contribution in [0.5, 0.6) is 11.8 Å². The van der Waals surface area contributed by atoms with E-state index in [4.69, 9.17) is 16.3 Å². The number of hydrogen-bond donors (Lipinski definition) is 4. The number of β-amino-alcohol motifs (C(OH)–C–C–N with tert-alkyl or cyclic N) is 1. The number of hydrogen-bond acceptors (Lipinski definition) is 7. The lowest BCUT2D eigenvalue weighted by Gasteiger charge is -2.18. The van der Waals surface area contributed by atoms with Crippen molar-refractivity contribution in [2.45, 2.75) is 26.4 Å². The number of aromatic amines is 2. The molecule has 4 aromatic rings. The number of allylic oxidation sites excluding steroid dienone is 1. The summed E-state index contributed by atoms with van der Waals surface area (Å²) in [4.78, 5) is 14.4. The molecule has 1 fully saturated rings. The summed E-state index contributed by atoms with van der Waals surface area (Å²) in [5, 5.41) is 21.8. The molecule has 0 saturated carbocycles. The van der Waals surface area contributed by atoms with E-state index in [9.17, 15) is 5.11 Å². The molecule has 4 heterocycles. The van der Waals surface area contributed by atoms with Crippen molar-refractivity contribution in [1.82, 2.24) is 25.1 Å². The van der Waals surface area contributed by atoms with E-state index in [1.54, 1.807) is 6.07 Å². The molecule has 0 bridgehead atoms. The molecule has 1 aromatic carbocycles. The molecule has 10 heteroatoms. The molecule has 0 aliphatic carbocycles. The van der Waals surface area contributed by atoms with E-state index in [1.165, 1.54) is 0 Å². The first-order valence-corrected chi connectivity index (χ1v) is 11.1. The van der Waals surface area contributed by atoms with Gasteiger partial charge in [0, 0.05) is 41.8 Å². The predicted octanol–water partition coefficient (Wildman–Crippen LogP) is 4.78. The molecule has 5 rings (SSSR count). The van der Waals surface area contributed by atoms with Gasteiger partial charge in [0.05, 0.1) is 16.8 Å². The zero-order valence-electron chi connectivity index (χ0n) is 18.3. The summed E-state index contributed by atoms with van der Waals surface area (Å²) in [7, 11) is 0. The standard InChI is InChI=1S/C23H24ClN7O2/c1-3-4-14-10-20(30-29-14)26-19-11-21(31-8-7-15(32)12-31)28-23(27-19)33-18-6-5-17-16(22(18)24)9-13(2)25-17/h3-6,9-11,15,25,32H,7-8,12H2,1-2H3,(H2,26,27,28,29,30)/b4-3+. The van der Waals surface area contributed by atoms with Gasteiger partial charge in [-0.15, -0.1) is 0 Å². The summed E-state index contributed by atoms with van der Waals surface area (Å²) >= 11 is 6.61. The normalized spacial score (nSPS) is 16.2. The number of H-pyrrole nitrogens is 2. The quantitative estimate of drug-likeness (QED) is 0.324. The maximum absolute atomic E-state index is 9.99. The summed E-state index contributed by atoms with van der Waals surface area (Å²) in [6.45, 7) is 5.11. The van der Waals surface area contributed by atoms with E-state index in [-0.39, 0.29) is 12.1 Å². The number of aliphatic hydroxyl groups is 1. The van der Waals surface area contributed by atoms with Crippen LogP contribution in [-0.2, 0) is 0 Å². The number of anilines is 3. The minimum atomic E-state index is -0.385. The third-order valence-corrected chi connectivity index (χ3v) is 5.81. The first-order chi connectivity index (χ1) is 16.0. The molecule has 9 nitrogen and oxygen atoms in total. The molecule has 1 aliphatic rings. The largest absolute Gasteiger partial charge is 0.423 e. The van der Waals surface area contributed by atoms with Crippen LogP contribution in [0.25, 0.3) is 17.0 Å². The van der Waals surface area contributed by atoms with Crippen molar-refractivity contribution in [2.75, 3.05) is 23.3 Å². The van der Waals surface area contributed by atoms with Crippen molar-refractivity contribution >= 4 is 46.0 Å². The van der Waals surface area contributed by atoms with Gasteiger partial charge in [-0.1, -0.05) is 17.7 Å². The highest BCUT2D eigenvalue weighted by molar-refractivity contribution is 6.37. The van der Waals surface area contributed by atoms with Crippen LogP contribution in [0.2, 0.25) is 5.02 Å². The molecule has 170 valence electrons. The minimum Gasteiger partial charge on any atom is -0.423 e. The minimum absolute atomic E-state index is 0.147. The third-order valence-electron chi connectivity index (χ3n) is 5.42. The Morgan fingerprint density at radius 1 is 1.24 bits per heavy atom. The third kappa shape index (κ3) is 4.50. The van der Waals surface area contributed by atoms with Gasteiger partial charge in [-0.25, -0.2) is 0 Å². The lowest BCUT2D eigenvalue weighted by Crippen LogP contribution is -2.22. The van der Waals surface area contributed by atoms with E-state index in [1.807, 2.05) is 55.2 Å². The molecule has 0 radical (unpaired) electrons. The van der Waals surface area contributed by atoms with Crippen molar-refractivity contribution in [3.05, 3.63) is 52.8 Å². The molecular formula is C23H24ClN7O2. The van der Waals surface area contributed by atoms with Crippen LogP contribution in [0, 0.1) is 6.92 Å². The number of benzene rings is 1. The highest BCUT2D eigenvalue weighted by Crippen LogP contribution is 2.36. The van der Waals surface area contributed by atoms with Crippen molar-refractivity contribution in [2.24, 2.45) is 0 Å². The first-order valence-electron chi connectivity index (χ1n) is 10.7. The van der Waals surface area contributed by atoms with Crippen LogP contribution in [-0.4, -0.2) is 49.4 Å². The van der Waals surface area contributed by atoms with Gasteiger partial charge in [0.2, 0.25) is 0 Å². The molecule has 1 atom stereocenters. The second-order valence-corrected chi connectivity index (χ2v) is 8.39. The van der Waals surface area contributed by atoms with Crippen molar-refractivity contribution in [3.8, 4) is 11.8 Å².